The van der Waals surface area contributed by atoms with Crippen molar-refractivity contribution in [3.63, 3.8) is 0 Å². The van der Waals surface area contributed by atoms with Crippen LogP contribution in [0.1, 0.15) is 37.7 Å². The van der Waals surface area contributed by atoms with Crippen molar-refractivity contribution >= 4 is 23.4 Å². The highest BCUT2D eigenvalue weighted by Crippen LogP contribution is 2.25. The number of allylic oxidation sites excluding steroid dienone is 1. The van der Waals surface area contributed by atoms with Gasteiger partial charge in [0.2, 0.25) is 5.91 Å². The molecule has 3 rings (SSSR count). The highest BCUT2D eigenvalue weighted by Gasteiger charge is 2.16. The third-order valence-electron chi connectivity index (χ3n) is 4.94. The molecule has 3 aromatic rings. The summed E-state index contributed by atoms with van der Waals surface area (Å²) >= 11 is 1.34. The van der Waals surface area contributed by atoms with Crippen molar-refractivity contribution in [2.24, 2.45) is 0 Å². The zero-order valence-corrected chi connectivity index (χ0v) is 19.9. The summed E-state index contributed by atoms with van der Waals surface area (Å²) in [7, 11) is 0. The van der Waals surface area contributed by atoms with Crippen molar-refractivity contribution in [3.05, 3.63) is 78.1 Å². The fourth-order valence-electron chi connectivity index (χ4n) is 3.07. The van der Waals surface area contributed by atoms with E-state index >= 15 is 0 Å². The SMILES string of the molecule is C=CCn1c(COc2ccc(C(C)(C)C)cc2)nnc1SCC(=O)Nc1ccccc1C. The first kappa shape index (κ1) is 23.6. The van der Waals surface area contributed by atoms with Crippen LogP contribution in [0.2, 0.25) is 0 Å². The number of anilines is 1. The number of nitrogens with one attached hydrogen (secondary N) is 1. The Kier molecular flexibility index (Phi) is 7.75. The summed E-state index contributed by atoms with van der Waals surface area (Å²) in [5, 5.41) is 12.1. The van der Waals surface area contributed by atoms with Crippen LogP contribution in [0.15, 0.2) is 66.3 Å². The van der Waals surface area contributed by atoms with Gasteiger partial charge in [-0.3, -0.25) is 9.36 Å². The molecule has 0 aliphatic rings. The maximum atomic E-state index is 12.4. The first-order chi connectivity index (χ1) is 15.3. The molecule has 1 aromatic heterocycles. The average Bonchev–Trinajstić information content (AvgIpc) is 3.14. The molecule has 0 unspecified atom stereocenters. The van der Waals surface area contributed by atoms with Crippen molar-refractivity contribution in [1.82, 2.24) is 14.8 Å². The number of amides is 1. The topological polar surface area (TPSA) is 69.0 Å². The quantitative estimate of drug-likeness (QED) is 0.350. The number of hydrogen-bond acceptors (Lipinski definition) is 5. The number of nitrogens with zero attached hydrogens (tertiary/aromatic N) is 3. The lowest BCUT2D eigenvalue weighted by Gasteiger charge is -2.19. The molecule has 0 spiro atoms. The van der Waals surface area contributed by atoms with Gasteiger partial charge in [-0.1, -0.05) is 68.9 Å². The molecule has 2 aromatic carbocycles. The summed E-state index contributed by atoms with van der Waals surface area (Å²) in [5.74, 6) is 1.61. The third kappa shape index (κ3) is 6.23. The van der Waals surface area contributed by atoms with Crippen LogP contribution in [0.3, 0.4) is 0 Å². The van der Waals surface area contributed by atoms with Crippen molar-refractivity contribution in [2.45, 2.75) is 51.4 Å². The zero-order valence-electron chi connectivity index (χ0n) is 19.1. The largest absolute Gasteiger partial charge is 0.486 e. The van der Waals surface area contributed by atoms with Crippen LogP contribution < -0.4 is 10.1 Å². The Morgan fingerprint density at radius 2 is 1.88 bits per heavy atom. The minimum Gasteiger partial charge on any atom is -0.486 e. The van der Waals surface area contributed by atoms with Gasteiger partial charge in [-0.15, -0.1) is 16.8 Å². The Hall–Kier alpha value is -3.06. The molecular weight excluding hydrogens is 420 g/mol. The Morgan fingerprint density at radius 3 is 2.53 bits per heavy atom. The lowest BCUT2D eigenvalue weighted by atomic mass is 9.87. The van der Waals surface area contributed by atoms with Crippen LogP contribution in [0, 0.1) is 6.92 Å². The summed E-state index contributed by atoms with van der Waals surface area (Å²) in [6.45, 7) is 13.2. The van der Waals surface area contributed by atoms with E-state index in [0.29, 0.717) is 17.5 Å². The van der Waals surface area contributed by atoms with Gasteiger partial charge in [0, 0.05) is 12.2 Å². The lowest BCUT2D eigenvalue weighted by Crippen LogP contribution is -2.15. The smallest absolute Gasteiger partial charge is 0.234 e. The molecule has 1 heterocycles. The highest BCUT2D eigenvalue weighted by molar-refractivity contribution is 7.99. The first-order valence-corrected chi connectivity index (χ1v) is 11.5. The molecule has 1 amide bonds. The summed E-state index contributed by atoms with van der Waals surface area (Å²) in [4.78, 5) is 12.4. The maximum Gasteiger partial charge on any atom is 0.234 e. The number of ether oxygens (including phenoxy) is 1. The minimum absolute atomic E-state index is 0.0887. The molecule has 1 N–H and O–H groups in total. The van der Waals surface area contributed by atoms with E-state index < -0.39 is 0 Å². The number of benzene rings is 2. The maximum absolute atomic E-state index is 12.4. The fourth-order valence-corrected chi connectivity index (χ4v) is 3.84. The van der Waals surface area contributed by atoms with Gasteiger partial charge < -0.3 is 10.1 Å². The predicted octanol–water partition coefficient (Wildman–Crippen LogP) is 5.38. The molecule has 7 heteroatoms. The minimum atomic E-state index is -0.0887. The molecule has 6 nitrogen and oxygen atoms in total. The zero-order chi connectivity index (χ0) is 23.1. The van der Waals surface area contributed by atoms with Crippen LogP contribution in [-0.2, 0) is 23.4 Å². The number of aryl methyl sites for hydroxylation is 1. The van der Waals surface area contributed by atoms with E-state index in [1.54, 1.807) is 6.08 Å². The number of para-hydroxylation sites is 1. The third-order valence-corrected chi connectivity index (χ3v) is 5.91. The number of carbonyl (C=O) groups excluding carboxylic acids is 1. The van der Waals surface area contributed by atoms with Gasteiger partial charge in [0.1, 0.15) is 12.4 Å². The molecule has 0 saturated heterocycles. The number of aromatic nitrogens is 3. The lowest BCUT2D eigenvalue weighted by molar-refractivity contribution is -0.113. The van der Waals surface area contributed by atoms with Crippen LogP contribution in [0.5, 0.6) is 5.75 Å². The number of rotatable bonds is 9. The number of carbonyl (C=O) groups is 1. The van der Waals surface area contributed by atoms with E-state index in [2.05, 4.69) is 55.0 Å². The molecule has 0 atom stereocenters. The van der Waals surface area contributed by atoms with E-state index in [1.807, 2.05) is 47.9 Å². The second-order valence-electron chi connectivity index (χ2n) is 8.51. The molecule has 0 fully saturated rings. The summed E-state index contributed by atoms with van der Waals surface area (Å²) in [6, 6.07) is 15.8. The van der Waals surface area contributed by atoms with Gasteiger partial charge in [-0.25, -0.2) is 0 Å². The van der Waals surface area contributed by atoms with Crippen LogP contribution >= 0.6 is 11.8 Å². The molecule has 32 heavy (non-hydrogen) atoms. The molecule has 0 aliphatic heterocycles. The molecule has 168 valence electrons. The normalized spacial score (nSPS) is 11.2. The Labute approximate surface area is 194 Å². The summed E-state index contributed by atoms with van der Waals surface area (Å²) in [6.07, 6.45) is 1.78. The highest BCUT2D eigenvalue weighted by atomic mass is 32.2. The van der Waals surface area contributed by atoms with Gasteiger partial charge in [0.05, 0.1) is 5.75 Å². The first-order valence-electron chi connectivity index (χ1n) is 10.5. The fraction of sp³-hybridized carbons (Fsp3) is 0.320. The van der Waals surface area contributed by atoms with Crippen LogP contribution in [0.25, 0.3) is 0 Å². The number of hydrogen-bond donors (Lipinski definition) is 1. The van der Waals surface area contributed by atoms with E-state index in [0.717, 1.165) is 17.0 Å². The standard InChI is InChI=1S/C25H30N4O2S/c1-6-15-29-22(16-31-20-13-11-19(12-14-20)25(3,4)5)27-28-24(29)32-17-23(30)26-21-10-8-7-9-18(21)2/h6-14H,1,15-17H2,2-5H3,(H,26,30). The average molecular weight is 451 g/mol. The Bertz CT molecular complexity index is 1070. The van der Waals surface area contributed by atoms with Crippen LogP contribution in [0.4, 0.5) is 5.69 Å². The van der Waals surface area contributed by atoms with Gasteiger partial charge in [-0.05, 0) is 41.7 Å². The van der Waals surface area contributed by atoms with E-state index in [4.69, 9.17) is 4.74 Å². The second kappa shape index (κ2) is 10.5. The molecule has 0 bridgehead atoms. The van der Waals surface area contributed by atoms with Crippen LogP contribution in [-0.4, -0.2) is 26.4 Å². The van der Waals surface area contributed by atoms with Gasteiger partial charge >= 0.3 is 0 Å². The van der Waals surface area contributed by atoms with Crippen molar-refractivity contribution in [2.75, 3.05) is 11.1 Å². The predicted molar refractivity (Wildman–Crippen MR) is 130 cm³/mol. The van der Waals surface area contributed by atoms with E-state index in [9.17, 15) is 4.79 Å². The van der Waals surface area contributed by atoms with Gasteiger partial charge in [0.25, 0.3) is 0 Å². The second-order valence-corrected chi connectivity index (χ2v) is 9.46. The summed E-state index contributed by atoms with van der Waals surface area (Å²) in [5.41, 5.74) is 3.19. The Balaban J connectivity index is 1.61. The van der Waals surface area contributed by atoms with Crippen molar-refractivity contribution < 1.29 is 9.53 Å². The van der Waals surface area contributed by atoms with Gasteiger partial charge in [-0.2, -0.15) is 0 Å². The van der Waals surface area contributed by atoms with E-state index in [1.165, 1.54) is 17.3 Å². The van der Waals surface area contributed by atoms with Crippen molar-refractivity contribution in [1.29, 1.82) is 0 Å². The molecule has 0 aliphatic carbocycles. The molecular formula is C25H30N4O2S. The van der Waals surface area contributed by atoms with E-state index in [-0.39, 0.29) is 23.7 Å². The molecule has 0 saturated carbocycles. The van der Waals surface area contributed by atoms with Crippen molar-refractivity contribution in [3.8, 4) is 5.75 Å². The molecule has 0 radical (unpaired) electrons. The monoisotopic (exact) mass is 450 g/mol. The Morgan fingerprint density at radius 1 is 1.16 bits per heavy atom. The summed E-state index contributed by atoms with van der Waals surface area (Å²) < 4.78 is 7.85. The van der Waals surface area contributed by atoms with Gasteiger partial charge in [0.15, 0.2) is 11.0 Å². The number of thioether (sulfide) groups is 1.